The Morgan fingerprint density at radius 1 is 1.45 bits per heavy atom. The smallest absolute Gasteiger partial charge is 0.341 e. The molecule has 0 saturated heterocycles. The largest absolute Gasteiger partial charge is 0.465 e. The van der Waals surface area contributed by atoms with Crippen molar-refractivity contribution in [3.05, 3.63) is 23.2 Å². The molecule has 1 saturated carbocycles. The summed E-state index contributed by atoms with van der Waals surface area (Å²) in [5.41, 5.74) is 0.466. The van der Waals surface area contributed by atoms with Crippen LogP contribution in [0, 0.1) is 6.92 Å². The molecule has 1 fully saturated rings. The van der Waals surface area contributed by atoms with E-state index >= 15 is 0 Å². The lowest BCUT2D eigenvalue weighted by atomic mass is 10.2. The van der Waals surface area contributed by atoms with Crippen LogP contribution in [0.5, 0.6) is 0 Å². The minimum absolute atomic E-state index is 0. The number of carbonyl (C=O) groups excluding carboxylic acids is 1. The molecule has 0 aliphatic heterocycles. The van der Waals surface area contributed by atoms with Gasteiger partial charge in [-0.25, -0.2) is 4.79 Å². The zero-order valence-electron chi connectivity index (χ0n) is 13.3. The monoisotopic (exact) mass is 421 g/mol. The van der Waals surface area contributed by atoms with E-state index in [1.807, 2.05) is 0 Å². The maximum atomic E-state index is 11.5. The summed E-state index contributed by atoms with van der Waals surface area (Å²) in [4.78, 5) is 15.7. The number of nitrogens with zero attached hydrogens (tertiary/aromatic N) is 1. The average Bonchev–Trinajstić information content (AvgIpc) is 3.12. The summed E-state index contributed by atoms with van der Waals surface area (Å²) < 4.78 is 10.3. The van der Waals surface area contributed by atoms with E-state index in [9.17, 15) is 4.79 Å². The van der Waals surface area contributed by atoms with Crippen molar-refractivity contribution in [2.75, 3.05) is 14.2 Å². The number of hydrogen-bond donors (Lipinski definition) is 2. The van der Waals surface area contributed by atoms with E-state index in [-0.39, 0.29) is 29.9 Å². The number of guanidine groups is 1. The van der Waals surface area contributed by atoms with Gasteiger partial charge in [-0.1, -0.05) is 12.8 Å². The number of halogens is 1. The summed E-state index contributed by atoms with van der Waals surface area (Å²) in [7, 11) is 3.11. The lowest BCUT2D eigenvalue weighted by Crippen LogP contribution is -2.41. The van der Waals surface area contributed by atoms with Gasteiger partial charge >= 0.3 is 5.97 Å². The zero-order valence-corrected chi connectivity index (χ0v) is 15.6. The van der Waals surface area contributed by atoms with E-state index in [4.69, 9.17) is 9.15 Å². The van der Waals surface area contributed by atoms with Crippen LogP contribution < -0.4 is 10.6 Å². The average molecular weight is 421 g/mol. The first kappa shape index (κ1) is 18.8. The Labute approximate surface area is 148 Å². The molecule has 1 aliphatic carbocycles. The number of aliphatic imine (C=N–C) groups is 1. The number of esters is 1. The molecule has 2 N–H and O–H groups in total. The van der Waals surface area contributed by atoms with Crippen LogP contribution in [-0.4, -0.2) is 32.1 Å². The van der Waals surface area contributed by atoms with Crippen LogP contribution in [0.25, 0.3) is 0 Å². The Kier molecular flexibility index (Phi) is 7.70. The third kappa shape index (κ3) is 4.89. The summed E-state index contributed by atoms with van der Waals surface area (Å²) in [6, 6.07) is 2.21. The Morgan fingerprint density at radius 3 is 2.73 bits per heavy atom. The molecule has 22 heavy (non-hydrogen) atoms. The molecular weight excluding hydrogens is 397 g/mol. The minimum atomic E-state index is -0.379. The molecule has 2 rings (SSSR count). The second kappa shape index (κ2) is 9.02. The predicted octanol–water partition coefficient (Wildman–Crippen LogP) is 2.60. The number of hydrogen-bond acceptors (Lipinski definition) is 4. The molecule has 1 aromatic heterocycles. The molecule has 7 heteroatoms. The Hall–Kier alpha value is -1.25. The summed E-state index contributed by atoms with van der Waals surface area (Å²) in [5, 5.41) is 6.60. The van der Waals surface area contributed by atoms with E-state index < -0.39 is 0 Å². The quantitative estimate of drug-likeness (QED) is 0.338. The topological polar surface area (TPSA) is 75.9 Å². The molecule has 0 bridgehead atoms. The second-order valence-electron chi connectivity index (χ2n) is 5.23. The van der Waals surface area contributed by atoms with Crippen molar-refractivity contribution in [1.29, 1.82) is 0 Å². The summed E-state index contributed by atoms with van der Waals surface area (Å²) in [6.45, 7) is 2.23. The Balaban J connectivity index is 0.00000242. The Bertz CT molecular complexity index is 522. The summed E-state index contributed by atoms with van der Waals surface area (Å²) in [5.74, 6) is 1.63. The highest BCUT2D eigenvalue weighted by Crippen LogP contribution is 2.18. The van der Waals surface area contributed by atoms with Crippen LogP contribution in [0.1, 0.15) is 47.6 Å². The lowest BCUT2D eigenvalue weighted by molar-refractivity contribution is 0.0599. The van der Waals surface area contributed by atoms with Gasteiger partial charge in [-0.05, 0) is 25.8 Å². The standard InChI is InChI=1S/C15H23N3O3.HI/c1-10-13(14(19)20-3)8-12(21-10)9-17-15(16-2)18-11-6-4-5-7-11;/h8,11H,4-7,9H2,1-3H3,(H2,16,17,18);1H. The van der Waals surface area contributed by atoms with Gasteiger partial charge < -0.3 is 19.8 Å². The fourth-order valence-electron chi connectivity index (χ4n) is 2.57. The van der Waals surface area contributed by atoms with E-state index in [0.717, 1.165) is 5.96 Å². The fraction of sp³-hybridized carbons (Fsp3) is 0.600. The van der Waals surface area contributed by atoms with Gasteiger partial charge in [-0.3, -0.25) is 4.99 Å². The molecule has 0 spiro atoms. The van der Waals surface area contributed by atoms with Gasteiger partial charge in [-0.15, -0.1) is 24.0 Å². The van der Waals surface area contributed by atoms with Crippen LogP contribution in [0.3, 0.4) is 0 Å². The van der Waals surface area contributed by atoms with E-state index in [2.05, 4.69) is 15.6 Å². The van der Waals surface area contributed by atoms with Crippen molar-refractivity contribution < 1.29 is 13.9 Å². The molecule has 1 aliphatic rings. The normalized spacial score (nSPS) is 15.3. The van der Waals surface area contributed by atoms with Crippen molar-refractivity contribution in [1.82, 2.24) is 10.6 Å². The Morgan fingerprint density at radius 2 is 2.14 bits per heavy atom. The SMILES string of the molecule is CN=C(NCc1cc(C(=O)OC)c(C)o1)NC1CCCC1.I. The number of methoxy groups -OCH3 is 1. The van der Waals surface area contributed by atoms with Crippen LogP contribution in [0.2, 0.25) is 0 Å². The van der Waals surface area contributed by atoms with Crippen LogP contribution in [0.15, 0.2) is 15.5 Å². The zero-order chi connectivity index (χ0) is 15.2. The van der Waals surface area contributed by atoms with Gasteiger partial charge in [0, 0.05) is 13.1 Å². The second-order valence-corrected chi connectivity index (χ2v) is 5.23. The molecule has 0 radical (unpaired) electrons. The molecule has 124 valence electrons. The first-order valence-electron chi connectivity index (χ1n) is 7.29. The van der Waals surface area contributed by atoms with Gasteiger partial charge in [0.05, 0.1) is 13.7 Å². The van der Waals surface area contributed by atoms with Crippen molar-refractivity contribution in [3.8, 4) is 0 Å². The maximum Gasteiger partial charge on any atom is 0.341 e. The summed E-state index contributed by atoms with van der Waals surface area (Å²) >= 11 is 0. The van der Waals surface area contributed by atoms with E-state index in [0.29, 0.717) is 29.7 Å². The molecule has 0 aromatic carbocycles. The van der Waals surface area contributed by atoms with Crippen LogP contribution in [-0.2, 0) is 11.3 Å². The van der Waals surface area contributed by atoms with Crippen LogP contribution in [0.4, 0.5) is 0 Å². The predicted molar refractivity (Wildman–Crippen MR) is 95.8 cm³/mol. The molecule has 1 heterocycles. The van der Waals surface area contributed by atoms with Crippen molar-refractivity contribution in [2.45, 2.75) is 45.2 Å². The molecular formula is C15H24IN3O3. The number of ether oxygens (including phenoxy) is 1. The fourth-order valence-corrected chi connectivity index (χ4v) is 2.57. The minimum Gasteiger partial charge on any atom is -0.465 e. The first-order chi connectivity index (χ1) is 10.1. The van der Waals surface area contributed by atoms with E-state index in [1.54, 1.807) is 20.0 Å². The molecule has 0 unspecified atom stereocenters. The highest BCUT2D eigenvalue weighted by molar-refractivity contribution is 14.0. The highest BCUT2D eigenvalue weighted by Gasteiger charge is 2.17. The summed E-state index contributed by atoms with van der Waals surface area (Å²) in [6.07, 6.45) is 4.92. The van der Waals surface area contributed by atoms with Crippen LogP contribution >= 0.6 is 24.0 Å². The van der Waals surface area contributed by atoms with Crippen molar-refractivity contribution in [3.63, 3.8) is 0 Å². The van der Waals surface area contributed by atoms with Gasteiger partial charge in [0.25, 0.3) is 0 Å². The lowest BCUT2D eigenvalue weighted by Gasteiger charge is -2.16. The first-order valence-corrected chi connectivity index (χ1v) is 7.29. The molecule has 1 aromatic rings. The maximum absolute atomic E-state index is 11.5. The van der Waals surface area contributed by atoms with Crippen molar-refractivity contribution >= 4 is 35.9 Å². The van der Waals surface area contributed by atoms with Gasteiger partial charge in [-0.2, -0.15) is 0 Å². The molecule has 0 amide bonds. The number of furan rings is 1. The van der Waals surface area contributed by atoms with Gasteiger partial charge in [0.15, 0.2) is 5.96 Å². The number of aryl methyl sites for hydroxylation is 1. The van der Waals surface area contributed by atoms with Gasteiger partial charge in [0.2, 0.25) is 0 Å². The number of rotatable bonds is 4. The highest BCUT2D eigenvalue weighted by atomic mass is 127. The van der Waals surface area contributed by atoms with Gasteiger partial charge in [0.1, 0.15) is 17.1 Å². The number of carbonyl (C=O) groups is 1. The molecule has 6 nitrogen and oxygen atoms in total. The third-order valence-electron chi connectivity index (χ3n) is 3.72. The van der Waals surface area contributed by atoms with Crippen molar-refractivity contribution in [2.24, 2.45) is 4.99 Å². The third-order valence-corrected chi connectivity index (χ3v) is 3.72. The number of nitrogens with one attached hydrogen (secondary N) is 2. The van der Waals surface area contributed by atoms with E-state index in [1.165, 1.54) is 32.8 Å². The molecule has 0 atom stereocenters.